The second-order valence-electron chi connectivity index (χ2n) is 4.82. The molecule has 7 heteroatoms. The molecule has 1 fully saturated rings. The Kier molecular flexibility index (Phi) is 4.86. The number of aromatic nitrogens is 3. The first-order chi connectivity index (χ1) is 9.26. The maximum Gasteiger partial charge on any atom is 0.276 e. The lowest BCUT2D eigenvalue weighted by Crippen LogP contribution is -2.45. The van der Waals surface area contributed by atoms with Gasteiger partial charge in [0.05, 0.1) is 12.7 Å². The Morgan fingerprint density at radius 3 is 2.95 bits per heavy atom. The molecular weight excluding hydrogens is 246 g/mol. The molecule has 1 aliphatic rings. The van der Waals surface area contributed by atoms with E-state index in [1.165, 1.54) is 0 Å². The molecule has 0 saturated heterocycles. The molecule has 0 bridgehead atoms. The summed E-state index contributed by atoms with van der Waals surface area (Å²) in [6.45, 7) is 1.69. The van der Waals surface area contributed by atoms with E-state index < -0.39 is 0 Å². The third-order valence-corrected chi connectivity index (χ3v) is 3.45. The van der Waals surface area contributed by atoms with Gasteiger partial charge in [0.25, 0.3) is 5.91 Å². The minimum absolute atomic E-state index is 0.0936. The van der Waals surface area contributed by atoms with Crippen LogP contribution in [0.2, 0.25) is 0 Å². The summed E-state index contributed by atoms with van der Waals surface area (Å²) < 4.78 is 1.58. The molecule has 1 heterocycles. The lowest BCUT2D eigenvalue weighted by Gasteiger charge is -2.37. The zero-order valence-corrected chi connectivity index (χ0v) is 11.0. The molecule has 0 unspecified atom stereocenters. The maximum absolute atomic E-state index is 12.4. The largest absolute Gasteiger partial charge is 0.396 e. The fourth-order valence-corrected chi connectivity index (χ4v) is 2.17. The lowest BCUT2D eigenvalue weighted by molar-refractivity contribution is 0.0556. The summed E-state index contributed by atoms with van der Waals surface area (Å²) in [5.41, 5.74) is 5.80. The summed E-state index contributed by atoms with van der Waals surface area (Å²) in [7, 11) is 0. The van der Waals surface area contributed by atoms with E-state index in [1.807, 2.05) is 4.90 Å². The number of hydrogen-bond acceptors (Lipinski definition) is 5. The van der Waals surface area contributed by atoms with Crippen molar-refractivity contribution in [3.8, 4) is 0 Å². The van der Waals surface area contributed by atoms with Gasteiger partial charge in [0.2, 0.25) is 0 Å². The van der Waals surface area contributed by atoms with E-state index in [4.69, 9.17) is 10.8 Å². The lowest BCUT2D eigenvalue weighted by atomic mass is 9.91. The standard InChI is InChI=1S/C12H21N5O2/c13-5-7-16-9-11(14-15-16)12(19)17(6-2-8-18)10-3-1-4-10/h9-10,18H,1-8,13H2. The van der Waals surface area contributed by atoms with Crippen molar-refractivity contribution in [2.75, 3.05) is 19.7 Å². The van der Waals surface area contributed by atoms with Crippen molar-refractivity contribution in [3.05, 3.63) is 11.9 Å². The van der Waals surface area contributed by atoms with Crippen molar-refractivity contribution in [1.82, 2.24) is 19.9 Å². The summed E-state index contributed by atoms with van der Waals surface area (Å²) in [5.74, 6) is -0.0959. The highest BCUT2D eigenvalue weighted by atomic mass is 16.3. The summed E-state index contributed by atoms with van der Waals surface area (Å²) >= 11 is 0. The summed E-state index contributed by atoms with van der Waals surface area (Å²) in [6, 6.07) is 0.290. The first-order valence-corrected chi connectivity index (χ1v) is 6.78. The highest BCUT2D eigenvalue weighted by molar-refractivity contribution is 5.92. The Morgan fingerprint density at radius 1 is 1.58 bits per heavy atom. The van der Waals surface area contributed by atoms with Gasteiger partial charge in [-0.2, -0.15) is 0 Å². The van der Waals surface area contributed by atoms with Crippen LogP contribution >= 0.6 is 0 Å². The van der Waals surface area contributed by atoms with Gasteiger partial charge in [0.1, 0.15) is 0 Å². The first-order valence-electron chi connectivity index (χ1n) is 6.78. The Morgan fingerprint density at radius 2 is 2.37 bits per heavy atom. The van der Waals surface area contributed by atoms with E-state index in [0.29, 0.717) is 37.8 Å². The second-order valence-corrected chi connectivity index (χ2v) is 4.82. The number of nitrogens with two attached hydrogens (primary N) is 1. The van der Waals surface area contributed by atoms with Gasteiger partial charge < -0.3 is 15.7 Å². The van der Waals surface area contributed by atoms with Crippen molar-refractivity contribution in [2.45, 2.75) is 38.3 Å². The molecule has 0 aromatic carbocycles. The number of amides is 1. The molecule has 106 valence electrons. The number of carbonyl (C=O) groups is 1. The van der Waals surface area contributed by atoms with Gasteiger partial charge in [-0.25, -0.2) is 0 Å². The molecule has 1 saturated carbocycles. The molecule has 0 radical (unpaired) electrons. The quantitative estimate of drug-likeness (QED) is 0.701. The Hall–Kier alpha value is -1.47. The number of aliphatic hydroxyl groups excluding tert-OH is 1. The van der Waals surface area contributed by atoms with Gasteiger partial charge >= 0.3 is 0 Å². The molecule has 0 spiro atoms. The molecule has 1 amide bonds. The van der Waals surface area contributed by atoms with Crippen molar-refractivity contribution in [2.24, 2.45) is 5.73 Å². The van der Waals surface area contributed by atoms with E-state index in [1.54, 1.807) is 10.9 Å². The monoisotopic (exact) mass is 267 g/mol. The third-order valence-electron chi connectivity index (χ3n) is 3.45. The third kappa shape index (κ3) is 3.30. The zero-order chi connectivity index (χ0) is 13.7. The van der Waals surface area contributed by atoms with E-state index in [2.05, 4.69) is 10.3 Å². The van der Waals surface area contributed by atoms with Crippen molar-refractivity contribution in [1.29, 1.82) is 0 Å². The Balaban J connectivity index is 2.03. The highest BCUT2D eigenvalue weighted by Gasteiger charge is 2.30. The zero-order valence-electron chi connectivity index (χ0n) is 11.0. The van der Waals surface area contributed by atoms with E-state index in [9.17, 15) is 4.79 Å². The van der Waals surface area contributed by atoms with Crippen LogP contribution in [-0.2, 0) is 6.54 Å². The van der Waals surface area contributed by atoms with Gasteiger partial charge in [-0.15, -0.1) is 5.10 Å². The van der Waals surface area contributed by atoms with Crippen LogP contribution in [-0.4, -0.2) is 56.6 Å². The average molecular weight is 267 g/mol. The molecular formula is C12H21N5O2. The number of carbonyl (C=O) groups excluding carboxylic acids is 1. The first kappa shape index (κ1) is 14.0. The van der Waals surface area contributed by atoms with Gasteiger partial charge in [-0.3, -0.25) is 9.48 Å². The van der Waals surface area contributed by atoms with Crippen LogP contribution in [0.4, 0.5) is 0 Å². The fourth-order valence-electron chi connectivity index (χ4n) is 2.17. The molecule has 0 atom stereocenters. The van der Waals surface area contributed by atoms with Crippen molar-refractivity contribution < 1.29 is 9.90 Å². The topological polar surface area (TPSA) is 97.3 Å². The van der Waals surface area contributed by atoms with Gasteiger partial charge in [0.15, 0.2) is 5.69 Å². The van der Waals surface area contributed by atoms with Crippen molar-refractivity contribution in [3.63, 3.8) is 0 Å². The average Bonchev–Trinajstić information content (AvgIpc) is 2.80. The summed E-state index contributed by atoms with van der Waals surface area (Å²) in [4.78, 5) is 14.2. The predicted octanol–water partition coefficient (Wildman–Crippen LogP) is -0.386. The van der Waals surface area contributed by atoms with Crippen LogP contribution in [0, 0.1) is 0 Å². The predicted molar refractivity (Wildman–Crippen MR) is 69.5 cm³/mol. The summed E-state index contributed by atoms with van der Waals surface area (Å²) in [6.07, 6.45) is 5.47. The number of nitrogens with zero attached hydrogens (tertiary/aromatic N) is 4. The Bertz CT molecular complexity index is 416. The van der Waals surface area contributed by atoms with Crippen LogP contribution in [0.3, 0.4) is 0 Å². The number of aliphatic hydroxyl groups is 1. The van der Waals surface area contributed by atoms with E-state index in [0.717, 1.165) is 19.3 Å². The smallest absolute Gasteiger partial charge is 0.276 e. The van der Waals surface area contributed by atoms with Crippen molar-refractivity contribution >= 4 is 5.91 Å². The summed E-state index contributed by atoms with van der Waals surface area (Å²) in [5, 5.41) is 16.7. The normalized spacial score (nSPS) is 15.3. The molecule has 1 aromatic rings. The number of hydrogen-bond donors (Lipinski definition) is 2. The fraction of sp³-hybridized carbons (Fsp3) is 0.750. The minimum atomic E-state index is -0.0959. The van der Waals surface area contributed by atoms with Gasteiger partial charge in [-0.1, -0.05) is 5.21 Å². The molecule has 1 aromatic heterocycles. The molecule has 3 N–H and O–H groups in total. The van der Waals surface area contributed by atoms with Crippen LogP contribution in [0.15, 0.2) is 6.20 Å². The number of rotatable bonds is 7. The Labute approximate surface area is 112 Å². The second kappa shape index (κ2) is 6.63. The van der Waals surface area contributed by atoms with Gasteiger partial charge in [-0.05, 0) is 25.7 Å². The van der Waals surface area contributed by atoms with E-state index in [-0.39, 0.29) is 12.5 Å². The minimum Gasteiger partial charge on any atom is -0.396 e. The van der Waals surface area contributed by atoms with Crippen LogP contribution in [0.1, 0.15) is 36.2 Å². The maximum atomic E-state index is 12.4. The van der Waals surface area contributed by atoms with Crippen LogP contribution in [0.5, 0.6) is 0 Å². The van der Waals surface area contributed by atoms with Crippen LogP contribution in [0.25, 0.3) is 0 Å². The SMILES string of the molecule is NCCn1cc(C(=O)N(CCCO)C2CCC2)nn1. The van der Waals surface area contributed by atoms with E-state index >= 15 is 0 Å². The molecule has 2 rings (SSSR count). The highest BCUT2D eigenvalue weighted by Crippen LogP contribution is 2.26. The molecule has 7 nitrogen and oxygen atoms in total. The molecule has 1 aliphatic carbocycles. The molecule has 0 aliphatic heterocycles. The van der Waals surface area contributed by atoms with Crippen LogP contribution < -0.4 is 5.73 Å². The molecule has 19 heavy (non-hydrogen) atoms. The van der Waals surface area contributed by atoms with Gasteiger partial charge in [0, 0.05) is 25.7 Å².